The zero-order valence-electron chi connectivity index (χ0n) is 9.65. The number of rotatable bonds is 3. The molecule has 0 fully saturated rings. The van der Waals surface area contributed by atoms with Crippen molar-refractivity contribution in [2.45, 2.75) is 13.5 Å². The van der Waals surface area contributed by atoms with Crippen LogP contribution in [0.1, 0.15) is 11.4 Å². The fourth-order valence-corrected chi connectivity index (χ4v) is 1.65. The Kier molecular flexibility index (Phi) is 3.88. The second kappa shape index (κ2) is 5.41. The molecule has 0 radical (unpaired) electrons. The number of hydrogen-bond donors (Lipinski definition) is 1. The fourth-order valence-electron chi connectivity index (χ4n) is 1.40. The molecule has 18 heavy (non-hydrogen) atoms. The Morgan fingerprint density at radius 3 is 2.78 bits per heavy atom. The van der Waals surface area contributed by atoms with Crippen LogP contribution in [-0.2, 0) is 6.54 Å². The van der Waals surface area contributed by atoms with E-state index in [2.05, 4.69) is 25.9 Å². The van der Waals surface area contributed by atoms with Crippen molar-refractivity contribution in [3.05, 3.63) is 45.9 Å². The normalized spacial score (nSPS) is 10.4. The van der Waals surface area contributed by atoms with Crippen LogP contribution in [0, 0.1) is 12.7 Å². The summed E-state index contributed by atoms with van der Waals surface area (Å²) in [6.45, 7) is 2.12. The van der Waals surface area contributed by atoms with Gasteiger partial charge in [0.2, 0.25) is 0 Å². The van der Waals surface area contributed by atoms with Crippen LogP contribution in [-0.4, -0.2) is 9.97 Å². The highest BCUT2D eigenvalue weighted by Gasteiger charge is 2.06. The van der Waals surface area contributed by atoms with Gasteiger partial charge in [0.05, 0.1) is 10.2 Å². The smallest absolute Gasteiger partial charge is 0.322 e. The first-order valence-electron chi connectivity index (χ1n) is 5.26. The third-order valence-corrected chi connectivity index (χ3v) is 2.84. The zero-order valence-corrected chi connectivity index (χ0v) is 11.2. The Morgan fingerprint density at radius 2 is 2.11 bits per heavy atom. The molecule has 0 bridgehead atoms. The van der Waals surface area contributed by atoms with Gasteiger partial charge in [-0.2, -0.15) is 4.98 Å². The van der Waals surface area contributed by atoms with Gasteiger partial charge in [-0.05, 0) is 41.1 Å². The van der Waals surface area contributed by atoms with Crippen molar-refractivity contribution in [3.63, 3.8) is 0 Å². The summed E-state index contributed by atoms with van der Waals surface area (Å²) >= 11 is 3.07. The predicted octanol–water partition coefficient (Wildman–Crippen LogP) is 2.94. The zero-order chi connectivity index (χ0) is 13.1. The van der Waals surface area contributed by atoms with Gasteiger partial charge in [0.25, 0.3) is 0 Å². The van der Waals surface area contributed by atoms with Crippen molar-refractivity contribution < 1.29 is 9.13 Å². The molecule has 2 aromatic rings. The average molecular weight is 312 g/mol. The van der Waals surface area contributed by atoms with Crippen molar-refractivity contribution >= 4 is 15.9 Å². The summed E-state index contributed by atoms with van der Waals surface area (Å²) in [6, 6.07) is 6.38. The van der Waals surface area contributed by atoms with E-state index in [4.69, 9.17) is 10.5 Å². The van der Waals surface area contributed by atoms with E-state index in [9.17, 15) is 4.39 Å². The number of nitrogens with zero attached hydrogens (tertiary/aromatic N) is 2. The van der Waals surface area contributed by atoms with Gasteiger partial charge in [-0.3, -0.25) is 0 Å². The molecule has 0 aliphatic rings. The molecule has 1 aromatic carbocycles. The standard InChI is InChI=1S/C12H11BrFN3O/c1-7-4-8(6-15)17-12(16-7)18-9-2-3-10(13)11(14)5-9/h2-5H,6,15H2,1H3. The second-order valence-corrected chi connectivity index (χ2v) is 4.52. The largest absolute Gasteiger partial charge is 0.424 e. The minimum atomic E-state index is -0.404. The molecular weight excluding hydrogens is 301 g/mol. The molecule has 0 atom stereocenters. The maximum absolute atomic E-state index is 13.3. The highest BCUT2D eigenvalue weighted by Crippen LogP contribution is 2.24. The molecule has 4 nitrogen and oxygen atoms in total. The van der Waals surface area contributed by atoms with Gasteiger partial charge in [-0.25, -0.2) is 9.37 Å². The highest BCUT2D eigenvalue weighted by molar-refractivity contribution is 9.10. The highest BCUT2D eigenvalue weighted by atomic mass is 79.9. The van der Waals surface area contributed by atoms with Crippen LogP contribution in [0.5, 0.6) is 11.8 Å². The van der Waals surface area contributed by atoms with Crippen LogP contribution in [0.4, 0.5) is 4.39 Å². The summed E-state index contributed by atoms with van der Waals surface area (Å²) in [6.07, 6.45) is 0. The van der Waals surface area contributed by atoms with E-state index < -0.39 is 5.82 Å². The number of benzene rings is 1. The molecule has 2 N–H and O–H groups in total. The van der Waals surface area contributed by atoms with E-state index in [0.717, 1.165) is 5.69 Å². The maximum atomic E-state index is 13.3. The number of nitrogens with two attached hydrogens (primary N) is 1. The first-order valence-corrected chi connectivity index (χ1v) is 6.05. The number of aromatic nitrogens is 2. The Hall–Kier alpha value is -1.53. The van der Waals surface area contributed by atoms with Crippen molar-refractivity contribution in [1.82, 2.24) is 9.97 Å². The molecule has 2 rings (SSSR count). The van der Waals surface area contributed by atoms with Gasteiger partial charge in [0, 0.05) is 18.3 Å². The predicted molar refractivity (Wildman–Crippen MR) is 68.8 cm³/mol. The summed E-state index contributed by atoms with van der Waals surface area (Å²) in [4.78, 5) is 8.21. The third kappa shape index (κ3) is 3.02. The topological polar surface area (TPSA) is 61.0 Å². The number of aryl methyl sites for hydroxylation is 1. The van der Waals surface area contributed by atoms with E-state index in [1.807, 2.05) is 6.92 Å². The molecule has 0 aliphatic heterocycles. The Bertz CT molecular complexity index is 577. The SMILES string of the molecule is Cc1cc(CN)nc(Oc2ccc(Br)c(F)c2)n1. The maximum Gasteiger partial charge on any atom is 0.322 e. The Labute approximate surface area is 112 Å². The van der Waals surface area contributed by atoms with Gasteiger partial charge >= 0.3 is 6.01 Å². The van der Waals surface area contributed by atoms with E-state index in [1.54, 1.807) is 18.2 Å². The molecule has 0 saturated heterocycles. The van der Waals surface area contributed by atoms with Crippen LogP contribution in [0.2, 0.25) is 0 Å². The summed E-state index contributed by atoms with van der Waals surface area (Å²) in [7, 11) is 0. The summed E-state index contributed by atoms with van der Waals surface area (Å²) in [5, 5.41) is 0. The monoisotopic (exact) mass is 311 g/mol. The van der Waals surface area contributed by atoms with Gasteiger partial charge in [0.15, 0.2) is 0 Å². The molecule has 0 saturated carbocycles. The Balaban J connectivity index is 2.27. The first-order chi connectivity index (χ1) is 8.58. The molecule has 6 heteroatoms. The van der Waals surface area contributed by atoms with Crippen LogP contribution in [0.25, 0.3) is 0 Å². The van der Waals surface area contributed by atoms with E-state index >= 15 is 0 Å². The van der Waals surface area contributed by atoms with Crippen molar-refractivity contribution in [2.75, 3.05) is 0 Å². The second-order valence-electron chi connectivity index (χ2n) is 3.67. The third-order valence-electron chi connectivity index (χ3n) is 2.20. The molecular formula is C12H11BrFN3O. The first kappa shape index (κ1) is 12.9. The van der Waals surface area contributed by atoms with Gasteiger partial charge in [0.1, 0.15) is 11.6 Å². The quantitative estimate of drug-likeness (QED) is 0.946. The van der Waals surface area contributed by atoms with Crippen LogP contribution < -0.4 is 10.5 Å². The molecule has 0 spiro atoms. The molecule has 1 heterocycles. The number of hydrogen-bond acceptors (Lipinski definition) is 4. The number of halogens is 2. The molecule has 0 unspecified atom stereocenters. The van der Waals surface area contributed by atoms with Gasteiger partial charge in [-0.15, -0.1) is 0 Å². The lowest BCUT2D eigenvalue weighted by atomic mass is 10.3. The van der Waals surface area contributed by atoms with Crippen LogP contribution in [0.3, 0.4) is 0 Å². The van der Waals surface area contributed by atoms with E-state index in [-0.39, 0.29) is 6.01 Å². The van der Waals surface area contributed by atoms with Gasteiger partial charge in [-0.1, -0.05) is 0 Å². The lowest BCUT2D eigenvalue weighted by molar-refractivity contribution is 0.434. The molecule has 1 aromatic heterocycles. The molecule has 0 amide bonds. The van der Waals surface area contributed by atoms with Crippen LogP contribution in [0.15, 0.2) is 28.7 Å². The summed E-state index contributed by atoms with van der Waals surface area (Å²) < 4.78 is 19.1. The van der Waals surface area contributed by atoms with Crippen molar-refractivity contribution in [2.24, 2.45) is 5.73 Å². The molecule has 0 aliphatic carbocycles. The van der Waals surface area contributed by atoms with E-state index in [0.29, 0.717) is 22.5 Å². The van der Waals surface area contributed by atoms with Crippen LogP contribution >= 0.6 is 15.9 Å². The van der Waals surface area contributed by atoms with Crippen molar-refractivity contribution in [3.8, 4) is 11.8 Å². The summed E-state index contributed by atoms with van der Waals surface area (Å²) in [5.41, 5.74) is 6.94. The summed E-state index contributed by atoms with van der Waals surface area (Å²) in [5.74, 6) is -0.0662. The van der Waals surface area contributed by atoms with Gasteiger partial charge < -0.3 is 10.5 Å². The lowest BCUT2D eigenvalue weighted by Crippen LogP contribution is -2.03. The minimum absolute atomic E-state index is 0.164. The molecule has 94 valence electrons. The fraction of sp³-hybridized carbons (Fsp3) is 0.167. The lowest BCUT2D eigenvalue weighted by Gasteiger charge is -2.06. The van der Waals surface area contributed by atoms with E-state index in [1.165, 1.54) is 6.07 Å². The average Bonchev–Trinajstić information content (AvgIpc) is 2.33. The van der Waals surface area contributed by atoms with Crippen molar-refractivity contribution in [1.29, 1.82) is 0 Å². The Morgan fingerprint density at radius 1 is 1.33 bits per heavy atom. The minimum Gasteiger partial charge on any atom is -0.424 e. The number of ether oxygens (including phenoxy) is 1.